The Kier molecular flexibility index (Phi) is 6.98. The second-order valence-corrected chi connectivity index (χ2v) is 7.98. The predicted molar refractivity (Wildman–Crippen MR) is 115 cm³/mol. The van der Waals surface area contributed by atoms with E-state index < -0.39 is 6.04 Å². The maximum atomic E-state index is 13.2. The van der Waals surface area contributed by atoms with E-state index in [1.165, 1.54) is 0 Å². The maximum absolute atomic E-state index is 13.2. The summed E-state index contributed by atoms with van der Waals surface area (Å²) in [6.45, 7) is 4.78. The maximum Gasteiger partial charge on any atom is 0.243 e. The monoisotopic (exact) mass is 410 g/mol. The van der Waals surface area contributed by atoms with E-state index in [1.807, 2.05) is 56.3 Å². The van der Waals surface area contributed by atoms with Gasteiger partial charge in [-0.05, 0) is 23.1 Å². The molecule has 6 heteroatoms. The summed E-state index contributed by atoms with van der Waals surface area (Å²) in [7, 11) is 3.16. The average Bonchev–Trinajstić information content (AvgIpc) is 2.75. The topological polar surface area (TPSA) is 67.9 Å². The molecule has 1 heterocycles. The summed E-state index contributed by atoms with van der Waals surface area (Å²) in [5.41, 5.74) is 3.04. The molecule has 0 aromatic heterocycles. The first-order valence-corrected chi connectivity index (χ1v) is 10.3. The molecule has 0 bridgehead atoms. The van der Waals surface area contributed by atoms with Crippen LogP contribution in [0.2, 0.25) is 0 Å². The summed E-state index contributed by atoms with van der Waals surface area (Å²) in [6, 6.07) is 13.0. The number of hydrogen-bond acceptors (Lipinski definition) is 4. The standard InChI is InChI=1S/C24H30N2O4/c1-16(2)12-22(27)26-15-19-9-6-5-8-17(19)13-20(26)24(28)25-14-18-10-7-11-21(29-3)23(18)30-4/h5-11,16,20H,12-15H2,1-4H3,(H,25,28). The molecular formula is C24H30N2O4. The van der Waals surface area contributed by atoms with E-state index in [0.717, 1.165) is 16.7 Å². The van der Waals surface area contributed by atoms with E-state index in [9.17, 15) is 9.59 Å². The predicted octanol–water partition coefficient (Wildman–Crippen LogP) is 3.32. The molecule has 1 N–H and O–H groups in total. The van der Waals surface area contributed by atoms with Crippen LogP contribution in [0.15, 0.2) is 42.5 Å². The first kappa shape index (κ1) is 21.7. The van der Waals surface area contributed by atoms with E-state index in [0.29, 0.717) is 37.4 Å². The number of nitrogens with one attached hydrogen (secondary N) is 1. The molecule has 0 fully saturated rings. The van der Waals surface area contributed by atoms with Crippen molar-refractivity contribution in [1.82, 2.24) is 10.2 Å². The highest BCUT2D eigenvalue weighted by molar-refractivity contribution is 5.88. The number of carbonyl (C=O) groups excluding carboxylic acids is 2. The molecule has 1 aliphatic rings. The highest BCUT2D eigenvalue weighted by atomic mass is 16.5. The van der Waals surface area contributed by atoms with Gasteiger partial charge in [-0.15, -0.1) is 0 Å². The van der Waals surface area contributed by atoms with Gasteiger partial charge in [0, 0.05) is 31.5 Å². The van der Waals surface area contributed by atoms with Crippen molar-refractivity contribution in [2.45, 2.75) is 45.8 Å². The van der Waals surface area contributed by atoms with Gasteiger partial charge in [-0.25, -0.2) is 0 Å². The third-order valence-corrected chi connectivity index (χ3v) is 5.39. The molecular weight excluding hydrogens is 380 g/mol. The van der Waals surface area contributed by atoms with Gasteiger partial charge in [0.2, 0.25) is 11.8 Å². The summed E-state index contributed by atoms with van der Waals surface area (Å²) in [5.74, 6) is 1.30. The fourth-order valence-corrected chi connectivity index (χ4v) is 3.88. The molecule has 1 aliphatic heterocycles. The molecule has 1 atom stereocenters. The molecule has 6 nitrogen and oxygen atoms in total. The minimum atomic E-state index is -0.525. The van der Waals surface area contributed by atoms with Crippen LogP contribution < -0.4 is 14.8 Å². The second-order valence-electron chi connectivity index (χ2n) is 7.98. The number of carbonyl (C=O) groups is 2. The highest BCUT2D eigenvalue weighted by Gasteiger charge is 2.34. The molecule has 160 valence electrons. The normalized spacial score (nSPS) is 15.5. The third kappa shape index (κ3) is 4.75. The quantitative estimate of drug-likeness (QED) is 0.760. The highest BCUT2D eigenvalue weighted by Crippen LogP contribution is 2.31. The fraction of sp³-hybridized carbons (Fsp3) is 0.417. The number of amides is 2. The molecule has 0 aliphatic carbocycles. The van der Waals surface area contributed by atoms with E-state index in [-0.39, 0.29) is 17.7 Å². The van der Waals surface area contributed by atoms with Gasteiger partial charge in [0.25, 0.3) is 0 Å². The van der Waals surface area contributed by atoms with Crippen LogP contribution in [0.3, 0.4) is 0 Å². The molecule has 30 heavy (non-hydrogen) atoms. The van der Waals surface area contributed by atoms with Gasteiger partial charge < -0.3 is 19.7 Å². The second kappa shape index (κ2) is 9.65. The van der Waals surface area contributed by atoms with Crippen molar-refractivity contribution in [2.24, 2.45) is 5.92 Å². The van der Waals surface area contributed by atoms with E-state index in [4.69, 9.17) is 9.47 Å². The zero-order valence-electron chi connectivity index (χ0n) is 18.1. The van der Waals surface area contributed by atoms with Crippen molar-refractivity contribution >= 4 is 11.8 Å². The molecule has 3 rings (SSSR count). The SMILES string of the molecule is COc1cccc(CNC(=O)C2Cc3ccccc3CN2C(=O)CC(C)C)c1OC. The number of methoxy groups -OCH3 is 2. The van der Waals surface area contributed by atoms with Crippen molar-refractivity contribution in [3.63, 3.8) is 0 Å². The van der Waals surface area contributed by atoms with Gasteiger partial charge in [0.15, 0.2) is 11.5 Å². The van der Waals surface area contributed by atoms with Crippen LogP contribution in [0.1, 0.15) is 37.0 Å². The first-order valence-electron chi connectivity index (χ1n) is 10.3. The number of benzene rings is 2. The molecule has 0 saturated heterocycles. The molecule has 1 unspecified atom stereocenters. The largest absolute Gasteiger partial charge is 0.493 e. The van der Waals surface area contributed by atoms with Crippen LogP contribution in [-0.4, -0.2) is 37.0 Å². The van der Waals surface area contributed by atoms with Crippen LogP contribution in [0, 0.1) is 5.92 Å². The Morgan fingerprint density at radius 1 is 1.07 bits per heavy atom. The fourth-order valence-electron chi connectivity index (χ4n) is 3.88. The van der Waals surface area contributed by atoms with Crippen molar-refractivity contribution in [3.8, 4) is 11.5 Å². The number of ether oxygens (including phenoxy) is 2. The summed E-state index contributed by atoms with van der Waals surface area (Å²) in [4.78, 5) is 27.8. The number of rotatable bonds is 7. The Labute approximate surface area is 178 Å². The molecule has 2 aromatic carbocycles. The number of nitrogens with zero attached hydrogens (tertiary/aromatic N) is 1. The van der Waals surface area contributed by atoms with Gasteiger partial charge in [0.1, 0.15) is 6.04 Å². The van der Waals surface area contributed by atoms with E-state index >= 15 is 0 Å². The minimum absolute atomic E-state index is 0.0126. The molecule has 0 radical (unpaired) electrons. The summed E-state index contributed by atoms with van der Waals surface area (Å²) >= 11 is 0. The summed E-state index contributed by atoms with van der Waals surface area (Å²) in [6.07, 6.45) is 0.941. The first-order chi connectivity index (χ1) is 14.4. The lowest BCUT2D eigenvalue weighted by Gasteiger charge is -2.36. The number of hydrogen-bond donors (Lipinski definition) is 1. The van der Waals surface area contributed by atoms with Crippen LogP contribution >= 0.6 is 0 Å². The van der Waals surface area contributed by atoms with Crippen LogP contribution in [-0.2, 0) is 29.1 Å². The van der Waals surface area contributed by atoms with Crippen molar-refractivity contribution < 1.29 is 19.1 Å². The van der Waals surface area contributed by atoms with Crippen molar-refractivity contribution in [2.75, 3.05) is 14.2 Å². The van der Waals surface area contributed by atoms with Crippen LogP contribution in [0.4, 0.5) is 0 Å². The van der Waals surface area contributed by atoms with Crippen molar-refractivity contribution in [3.05, 3.63) is 59.2 Å². The van der Waals surface area contributed by atoms with Gasteiger partial charge in [-0.3, -0.25) is 9.59 Å². The average molecular weight is 411 g/mol. The Morgan fingerprint density at radius 2 is 1.80 bits per heavy atom. The van der Waals surface area contributed by atoms with Gasteiger partial charge in [-0.2, -0.15) is 0 Å². The Balaban J connectivity index is 1.79. The van der Waals surface area contributed by atoms with Crippen LogP contribution in [0.25, 0.3) is 0 Å². The zero-order chi connectivity index (χ0) is 21.7. The molecule has 2 amide bonds. The third-order valence-electron chi connectivity index (χ3n) is 5.39. The van der Waals surface area contributed by atoms with E-state index in [1.54, 1.807) is 19.1 Å². The lowest BCUT2D eigenvalue weighted by molar-refractivity contribution is -0.142. The molecule has 0 saturated carbocycles. The Morgan fingerprint density at radius 3 is 2.47 bits per heavy atom. The summed E-state index contributed by atoms with van der Waals surface area (Å²) < 4.78 is 10.8. The van der Waals surface area contributed by atoms with Gasteiger partial charge >= 0.3 is 0 Å². The van der Waals surface area contributed by atoms with Crippen LogP contribution in [0.5, 0.6) is 11.5 Å². The number of para-hydroxylation sites is 1. The Hall–Kier alpha value is -3.02. The molecule has 2 aromatic rings. The zero-order valence-corrected chi connectivity index (χ0v) is 18.1. The lowest BCUT2D eigenvalue weighted by Crippen LogP contribution is -2.52. The minimum Gasteiger partial charge on any atom is -0.493 e. The van der Waals surface area contributed by atoms with E-state index in [2.05, 4.69) is 5.32 Å². The molecule has 0 spiro atoms. The Bertz CT molecular complexity index is 910. The number of fused-ring (bicyclic) bond motifs is 1. The van der Waals surface area contributed by atoms with Gasteiger partial charge in [-0.1, -0.05) is 50.2 Å². The van der Waals surface area contributed by atoms with Gasteiger partial charge in [0.05, 0.1) is 14.2 Å². The van der Waals surface area contributed by atoms with Crippen molar-refractivity contribution in [1.29, 1.82) is 0 Å². The summed E-state index contributed by atoms with van der Waals surface area (Å²) in [5, 5.41) is 3.00. The lowest BCUT2D eigenvalue weighted by atomic mass is 9.92. The smallest absolute Gasteiger partial charge is 0.243 e.